The molecule has 0 bridgehead atoms. The topological polar surface area (TPSA) is 92.5 Å². The van der Waals surface area contributed by atoms with Gasteiger partial charge in [-0.3, -0.25) is 4.57 Å². The van der Waals surface area contributed by atoms with E-state index < -0.39 is 21.4 Å². The second kappa shape index (κ2) is 8.28. The zero-order valence-corrected chi connectivity index (χ0v) is 17.4. The normalized spacial score (nSPS) is 12.4. The van der Waals surface area contributed by atoms with Crippen molar-refractivity contribution in [3.63, 3.8) is 0 Å². The molecule has 0 N–H and O–H groups in total. The maximum atomic E-state index is 12.8. The lowest BCUT2D eigenvalue weighted by Crippen LogP contribution is -2.28. The van der Waals surface area contributed by atoms with E-state index in [0.717, 1.165) is 6.07 Å². The minimum atomic E-state index is -5.84. The van der Waals surface area contributed by atoms with E-state index in [1.165, 1.54) is 12.4 Å². The van der Waals surface area contributed by atoms with Gasteiger partial charge in [0.05, 0.1) is 17.6 Å². The highest BCUT2D eigenvalue weighted by Crippen LogP contribution is 2.32. The van der Waals surface area contributed by atoms with Gasteiger partial charge in [-0.2, -0.15) is 21.6 Å². The molecule has 0 spiro atoms. The van der Waals surface area contributed by atoms with E-state index in [1.54, 1.807) is 48.1 Å². The van der Waals surface area contributed by atoms with Crippen LogP contribution in [0.4, 0.5) is 13.2 Å². The number of methoxy groups -OCH3 is 1. The minimum absolute atomic E-state index is 0.0424. The first-order chi connectivity index (χ1) is 15.2. The van der Waals surface area contributed by atoms with Crippen LogP contribution in [-0.2, 0) is 14.9 Å². The van der Waals surface area contributed by atoms with E-state index in [-0.39, 0.29) is 5.52 Å². The molecule has 8 nitrogen and oxygen atoms in total. The minimum Gasteiger partial charge on any atom is -0.491 e. The Morgan fingerprint density at radius 1 is 1.06 bits per heavy atom. The second-order valence-electron chi connectivity index (χ2n) is 6.59. The summed E-state index contributed by atoms with van der Waals surface area (Å²) < 4.78 is 77.7. The summed E-state index contributed by atoms with van der Waals surface area (Å²) in [6, 6.07) is 12.5. The van der Waals surface area contributed by atoms with Crippen molar-refractivity contribution in [2.45, 2.75) is 5.51 Å². The van der Waals surface area contributed by atoms with Crippen LogP contribution in [-0.4, -0.2) is 48.8 Å². The molecule has 0 unspecified atom stereocenters. The number of halogens is 3. The van der Waals surface area contributed by atoms with Gasteiger partial charge >= 0.3 is 15.6 Å². The van der Waals surface area contributed by atoms with Gasteiger partial charge in [-0.15, -0.1) is 0 Å². The van der Waals surface area contributed by atoms with E-state index in [4.69, 9.17) is 9.47 Å². The zero-order chi connectivity index (χ0) is 22.9. The van der Waals surface area contributed by atoms with E-state index in [1.807, 2.05) is 0 Å². The van der Waals surface area contributed by atoms with Crippen LogP contribution in [0, 0.1) is 0 Å². The lowest BCUT2D eigenvalue weighted by atomic mass is 10.2. The van der Waals surface area contributed by atoms with Crippen molar-refractivity contribution < 1.29 is 35.2 Å². The summed E-state index contributed by atoms with van der Waals surface area (Å²) in [5, 5.41) is 0.405. The van der Waals surface area contributed by atoms with Gasteiger partial charge in [-0.25, -0.2) is 9.97 Å². The molecule has 2 aromatic carbocycles. The third kappa shape index (κ3) is 4.18. The summed E-state index contributed by atoms with van der Waals surface area (Å²) in [5.41, 5.74) is -4.33. The molecular weight excluding hydrogens is 451 g/mol. The molecule has 0 atom stereocenters. The first-order valence-electron chi connectivity index (χ1n) is 9.19. The predicted molar refractivity (Wildman–Crippen MR) is 109 cm³/mol. The molecular formula is C20H16F3N3O5S. The molecule has 2 aromatic heterocycles. The van der Waals surface area contributed by atoms with Crippen molar-refractivity contribution in [2.75, 3.05) is 20.3 Å². The van der Waals surface area contributed by atoms with Crippen LogP contribution >= 0.6 is 0 Å². The van der Waals surface area contributed by atoms with Crippen LogP contribution in [0.1, 0.15) is 0 Å². The molecule has 4 rings (SSSR count). The van der Waals surface area contributed by atoms with Crippen LogP contribution in [0.3, 0.4) is 0 Å². The Kier molecular flexibility index (Phi) is 5.65. The van der Waals surface area contributed by atoms with Crippen LogP contribution in [0.5, 0.6) is 11.5 Å². The van der Waals surface area contributed by atoms with Gasteiger partial charge < -0.3 is 13.7 Å². The van der Waals surface area contributed by atoms with Crippen molar-refractivity contribution in [1.29, 1.82) is 0 Å². The monoisotopic (exact) mass is 467 g/mol. The molecule has 168 valence electrons. The van der Waals surface area contributed by atoms with Gasteiger partial charge in [-0.05, 0) is 30.3 Å². The molecule has 12 heteroatoms. The third-order valence-electron chi connectivity index (χ3n) is 4.47. The molecule has 0 aliphatic carbocycles. The Balaban J connectivity index is 1.73. The summed E-state index contributed by atoms with van der Waals surface area (Å²) in [7, 11) is -4.27. The fourth-order valence-corrected chi connectivity index (χ4v) is 3.45. The molecule has 32 heavy (non-hydrogen) atoms. The number of hydrogen-bond donors (Lipinski definition) is 0. The highest BCUT2D eigenvalue weighted by molar-refractivity contribution is 7.88. The summed E-state index contributed by atoms with van der Waals surface area (Å²) in [4.78, 5) is 8.65. The number of ether oxygens (including phenoxy) is 2. The fraction of sp³-hybridized carbons (Fsp3) is 0.200. The van der Waals surface area contributed by atoms with Crippen molar-refractivity contribution in [1.82, 2.24) is 14.5 Å². The molecule has 0 aliphatic rings. The van der Waals surface area contributed by atoms with Crippen LogP contribution < -0.4 is 8.92 Å². The first-order valence-corrected chi connectivity index (χ1v) is 10.6. The zero-order valence-electron chi connectivity index (χ0n) is 16.5. The molecule has 0 aliphatic heterocycles. The number of pyridine rings is 1. The largest absolute Gasteiger partial charge is 0.534 e. The van der Waals surface area contributed by atoms with Gasteiger partial charge in [0.2, 0.25) is 0 Å². The number of fused-ring (bicyclic) bond motifs is 2. The summed E-state index contributed by atoms with van der Waals surface area (Å²) in [5.74, 6) is 0.382. The van der Waals surface area contributed by atoms with E-state index in [9.17, 15) is 21.6 Å². The van der Waals surface area contributed by atoms with Crippen LogP contribution in [0.25, 0.3) is 27.8 Å². The van der Waals surface area contributed by atoms with E-state index in [2.05, 4.69) is 14.2 Å². The lowest BCUT2D eigenvalue weighted by molar-refractivity contribution is -0.0499. The van der Waals surface area contributed by atoms with Gasteiger partial charge in [-0.1, -0.05) is 12.1 Å². The Hall–Kier alpha value is -3.38. The molecule has 0 saturated heterocycles. The first kappa shape index (κ1) is 21.8. The number of nitrogens with zero attached hydrogens (tertiary/aromatic N) is 3. The van der Waals surface area contributed by atoms with Crippen molar-refractivity contribution in [2.24, 2.45) is 0 Å². The molecule has 0 amide bonds. The third-order valence-corrected chi connectivity index (χ3v) is 5.44. The van der Waals surface area contributed by atoms with Crippen molar-refractivity contribution >= 4 is 32.1 Å². The lowest BCUT2D eigenvalue weighted by Gasteiger charge is -2.12. The number of aromatic nitrogens is 3. The molecule has 0 saturated carbocycles. The number of imidazole rings is 1. The number of alkyl halides is 3. The average Bonchev–Trinajstić information content (AvgIpc) is 3.16. The van der Waals surface area contributed by atoms with Crippen LogP contribution in [0.2, 0.25) is 0 Å². The molecule has 2 heterocycles. The highest BCUT2D eigenvalue weighted by Gasteiger charge is 2.48. The van der Waals surface area contributed by atoms with E-state index in [0.29, 0.717) is 41.2 Å². The maximum absolute atomic E-state index is 12.8. The second-order valence-corrected chi connectivity index (χ2v) is 8.12. The molecule has 4 aromatic rings. The Labute approximate surface area is 180 Å². The van der Waals surface area contributed by atoms with Gasteiger partial charge in [0.25, 0.3) is 0 Å². The quantitative estimate of drug-likeness (QED) is 0.232. The summed E-state index contributed by atoms with van der Waals surface area (Å²) in [6.45, 7) is 0.806. The summed E-state index contributed by atoms with van der Waals surface area (Å²) >= 11 is 0. The number of para-hydroxylation sites is 1. The van der Waals surface area contributed by atoms with Gasteiger partial charge in [0.1, 0.15) is 30.0 Å². The molecule has 0 fully saturated rings. The highest BCUT2D eigenvalue weighted by atomic mass is 32.2. The maximum Gasteiger partial charge on any atom is 0.534 e. The number of hydrogen-bond acceptors (Lipinski definition) is 7. The Morgan fingerprint density at radius 3 is 2.62 bits per heavy atom. The molecule has 0 radical (unpaired) electrons. The standard InChI is InChI=1S/C20H16F3N3O5S/c1-29-9-10-30-14-6-7-16-15(11-14)24-12-26(16)18-8-5-13-3-2-4-17(19(13)25-18)31-32(27,28)20(21,22)23/h2-8,11-12H,9-10H2,1H3. The number of rotatable bonds is 7. The fourth-order valence-electron chi connectivity index (χ4n) is 2.98. The smallest absolute Gasteiger partial charge is 0.491 e. The van der Waals surface area contributed by atoms with Crippen molar-refractivity contribution in [3.05, 3.63) is 54.9 Å². The van der Waals surface area contributed by atoms with Crippen LogP contribution in [0.15, 0.2) is 54.9 Å². The predicted octanol–water partition coefficient (Wildman–Crippen LogP) is 3.83. The average molecular weight is 467 g/mol. The Morgan fingerprint density at radius 2 is 1.88 bits per heavy atom. The SMILES string of the molecule is COCCOc1ccc2c(c1)ncn2-c1ccc2cccc(OS(=O)(=O)C(F)(F)F)c2n1. The van der Waals surface area contributed by atoms with Gasteiger partial charge in [0, 0.05) is 18.6 Å². The van der Waals surface area contributed by atoms with Crippen molar-refractivity contribution in [3.8, 4) is 17.3 Å². The number of benzene rings is 2. The van der Waals surface area contributed by atoms with Gasteiger partial charge in [0.15, 0.2) is 5.75 Å². The summed E-state index contributed by atoms with van der Waals surface area (Å²) in [6.07, 6.45) is 1.49. The Bertz CT molecular complexity index is 1390. The van der Waals surface area contributed by atoms with E-state index >= 15 is 0 Å².